The van der Waals surface area contributed by atoms with Crippen molar-refractivity contribution >= 4 is 17.7 Å². The molecule has 2 aliphatic carbocycles. The van der Waals surface area contributed by atoms with Gasteiger partial charge in [-0.15, -0.1) is 0 Å². The van der Waals surface area contributed by atoms with Gasteiger partial charge in [0.25, 0.3) is 0 Å². The van der Waals surface area contributed by atoms with Crippen molar-refractivity contribution in [1.29, 1.82) is 0 Å². The SMILES string of the molecule is COc1cc(Cl)c(C2(N=C=O)CCCC2)cc1OC1CCC1. The Kier molecular flexibility index (Phi) is 4.42. The minimum absolute atomic E-state index is 0.247. The number of isocyanates is 1. The summed E-state index contributed by atoms with van der Waals surface area (Å²) in [6, 6.07) is 3.68. The predicted molar refractivity (Wildman–Crippen MR) is 84.5 cm³/mol. The van der Waals surface area contributed by atoms with Crippen molar-refractivity contribution in [1.82, 2.24) is 0 Å². The van der Waals surface area contributed by atoms with Crippen LogP contribution in [0.5, 0.6) is 11.5 Å². The molecule has 3 rings (SSSR count). The number of aliphatic imine (C=N–C) groups is 1. The summed E-state index contributed by atoms with van der Waals surface area (Å²) in [4.78, 5) is 15.0. The molecule has 0 atom stereocenters. The second-order valence-electron chi connectivity index (χ2n) is 6.10. The summed E-state index contributed by atoms with van der Waals surface area (Å²) in [5.41, 5.74) is 0.299. The Morgan fingerprint density at radius 2 is 1.95 bits per heavy atom. The quantitative estimate of drug-likeness (QED) is 0.597. The third-order valence-corrected chi connectivity index (χ3v) is 5.10. The van der Waals surface area contributed by atoms with E-state index >= 15 is 0 Å². The van der Waals surface area contributed by atoms with Gasteiger partial charge in [0.2, 0.25) is 6.08 Å². The van der Waals surface area contributed by atoms with Crippen LogP contribution in [0.4, 0.5) is 0 Å². The fourth-order valence-corrected chi connectivity index (χ4v) is 3.63. The maximum absolute atomic E-state index is 10.9. The fraction of sp³-hybridized carbons (Fsp3) is 0.588. The van der Waals surface area contributed by atoms with Gasteiger partial charge in [0, 0.05) is 11.6 Å². The van der Waals surface area contributed by atoms with Crippen LogP contribution in [0.25, 0.3) is 0 Å². The van der Waals surface area contributed by atoms with Crippen LogP contribution in [0.1, 0.15) is 50.5 Å². The van der Waals surface area contributed by atoms with Crippen molar-refractivity contribution in [2.24, 2.45) is 4.99 Å². The second-order valence-corrected chi connectivity index (χ2v) is 6.50. The van der Waals surface area contributed by atoms with E-state index in [0.29, 0.717) is 16.5 Å². The minimum atomic E-state index is -0.553. The maximum atomic E-state index is 10.9. The van der Waals surface area contributed by atoms with E-state index in [9.17, 15) is 4.79 Å². The lowest BCUT2D eigenvalue weighted by atomic mass is 9.88. The molecule has 0 aromatic heterocycles. The van der Waals surface area contributed by atoms with Gasteiger partial charge < -0.3 is 9.47 Å². The van der Waals surface area contributed by atoms with Crippen LogP contribution >= 0.6 is 11.6 Å². The highest BCUT2D eigenvalue weighted by Gasteiger charge is 2.38. The van der Waals surface area contributed by atoms with E-state index in [4.69, 9.17) is 21.1 Å². The van der Waals surface area contributed by atoms with Crippen molar-refractivity contribution in [2.45, 2.75) is 56.6 Å². The number of rotatable bonds is 5. The van der Waals surface area contributed by atoms with E-state index in [1.54, 1.807) is 19.3 Å². The lowest BCUT2D eigenvalue weighted by Gasteiger charge is -2.29. The molecule has 118 valence electrons. The average molecular weight is 322 g/mol. The molecule has 0 radical (unpaired) electrons. The van der Waals surface area contributed by atoms with Crippen molar-refractivity contribution in [2.75, 3.05) is 7.11 Å². The Hall–Kier alpha value is -1.51. The van der Waals surface area contributed by atoms with Crippen molar-refractivity contribution < 1.29 is 14.3 Å². The van der Waals surface area contributed by atoms with Gasteiger partial charge >= 0.3 is 0 Å². The molecule has 0 unspecified atom stereocenters. The van der Waals surface area contributed by atoms with Crippen molar-refractivity contribution in [3.63, 3.8) is 0 Å². The monoisotopic (exact) mass is 321 g/mol. The van der Waals surface area contributed by atoms with Gasteiger partial charge in [-0.1, -0.05) is 24.4 Å². The van der Waals surface area contributed by atoms with Crippen LogP contribution in [-0.4, -0.2) is 19.3 Å². The molecule has 1 aromatic carbocycles. The molecule has 2 aliphatic rings. The highest BCUT2D eigenvalue weighted by molar-refractivity contribution is 6.31. The zero-order chi connectivity index (χ0) is 15.6. The van der Waals surface area contributed by atoms with Gasteiger partial charge in [-0.2, -0.15) is 4.99 Å². The molecule has 0 bridgehead atoms. The smallest absolute Gasteiger partial charge is 0.235 e. The molecule has 0 spiro atoms. The summed E-state index contributed by atoms with van der Waals surface area (Å²) in [6.45, 7) is 0. The third-order valence-electron chi connectivity index (χ3n) is 4.79. The molecule has 0 heterocycles. The van der Waals surface area contributed by atoms with E-state index < -0.39 is 5.54 Å². The molecular formula is C17H20ClNO3. The Morgan fingerprint density at radius 1 is 1.23 bits per heavy atom. The third kappa shape index (κ3) is 2.73. The Labute approximate surface area is 135 Å². The lowest BCUT2D eigenvalue weighted by Crippen LogP contribution is -2.25. The largest absolute Gasteiger partial charge is 0.493 e. The summed E-state index contributed by atoms with van der Waals surface area (Å²) < 4.78 is 11.4. The zero-order valence-electron chi connectivity index (χ0n) is 12.7. The lowest BCUT2D eigenvalue weighted by molar-refractivity contribution is 0.116. The molecule has 4 nitrogen and oxygen atoms in total. The number of benzene rings is 1. The van der Waals surface area contributed by atoms with E-state index in [-0.39, 0.29) is 6.10 Å². The molecule has 0 N–H and O–H groups in total. The van der Waals surface area contributed by atoms with E-state index in [1.807, 2.05) is 6.07 Å². The highest BCUT2D eigenvalue weighted by Crippen LogP contribution is 2.48. The zero-order valence-corrected chi connectivity index (χ0v) is 13.5. The predicted octanol–water partition coefficient (Wildman–Crippen LogP) is 4.39. The number of nitrogens with zero attached hydrogens (tertiary/aromatic N) is 1. The second kappa shape index (κ2) is 6.31. The Bertz CT molecular complexity index is 600. The summed E-state index contributed by atoms with van der Waals surface area (Å²) in [5, 5.41) is 0.568. The van der Waals surface area contributed by atoms with E-state index in [1.165, 1.54) is 6.42 Å². The maximum Gasteiger partial charge on any atom is 0.235 e. The molecule has 22 heavy (non-hydrogen) atoms. The summed E-state index contributed by atoms with van der Waals surface area (Å²) in [7, 11) is 1.61. The fourth-order valence-electron chi connectivity index (χ4n) is 3.30. The number of hydrogen-bond acceptors (Lipinski definition) is 4. The molecule has 0 saturated heterocycles. The molecule has 2 fully saturated rings. The normalized spacial score (nSPS) is 20.1. The Balaban J connectivity index is 2.02. The standard InChI is InChI=1S/C17H20ClNO3/c1-21-15-10-14(18)13(9-16(15)22-12-5-4-6-12)17(19-11-20)7-2-3-8-17/h9-10,12H,2-8H2,1H3. The van der Waals surface area contributed by atoms with Crippen LogP contribution in [0.2, 0.25) is 5.02 Å². The first-order valence-electron chi connectivity index (χ1n) is 7.82. The average Bonchev–Trinajstić information content (AvgIpc) is 2.93. The van der Waals surface area contributed by atoms with Gasteiger partial charge in [-0.25, -0.2) is 4.79 Å². The van der Waals surface area contributed by atoms with Crippen molar-refractivity contribution in [3.05, 3.63) is 22.7 Å². The Morgan fingerprint density at radius 3 is 2.50 bits per heavy atom. The molecule has 0 amide bonds. The summed E-state index contributed by atoms with van der Waals surface area (Å²) >= 11 is 6.44. The van der Waals surface area contributed by atoms with Gasteiger partial charge in [0.05, 0.1) is 23.8 Å². The topological polar surface area (TPSA) is 47.9 Å². The van der Waals surface area contributed by atoms with Crippen molar-refractivity contribution in [3.8, 4) is 11.5 Å². The first-order chi connectivity index (χ1) is 10.7. The van der Waals surface area contributed by atoms with Gasteiger partial charge in [0.1, 0.15) is 0 Å². The number of ether oxygens (including phenoxy) is 2. The number of methoxy groups -OCH3 is 1. The molecule has 5 heteroatoms. The van der Waals surface area contributed by atoms with Crippen LogP contribution in [0.3, 0.4) is 0 Å². The van der Waals surface area contributed by atoms with Gasteiger partial charge in [-0.05, 0) is 38.2 Å². The number of carbonyl (C=O) groups excluding carboxylic acids is 1. The van der Waals surface area contributed by atoms with Crippen LogP contribution in [0.15, 0.2) is 17.1 Å². The van der Waals surface area contributed by atoms with Crippen LogP contribution < -0.4 is 9.47 Å². The first-order valence-corrected chi connectivity index (χ1v) is 8.20. The minimum Gasteiger partial charge on any atom is -0.493 e. The number of halogens is 1. The first kappa shape index (κ1) is 15.4. The molecule has 2 saturated carbocycles. The van der Waals surface area contributed by atoms with E-state index in [2.05, 4.69) is 4.99 Å². The summed E-state index contributed by atoms with van der Waals surface area (Å²) in [6.07, 6.45) is 9.02. The van der Waals surface area contributed by atoms with Crippen LogP contribution in [0, 0.1) is 0 Å². The summed E-state index contributed by atoms with van der Waals surface area (Å²) in [5.74, 6) is 1.32. The van der Waals surface area contributed by atoms with Crippen LogP contribution in [-0.2, 0) is 10.3 Å². The molecular weight excluding hydrogens is 302 g/mol. The van der Waals surface area contributed by atoms with E-state index in [0.717, 1.165) is 44.1 Å². The molecule has 0 aliphatic heterocycles. The molecule has 1 aromatic rings. The van der Waals surface area contributed by atoms with Gasteiger partial charge in [-0.3, -0.25) is 0 Å². The van der Waals surface area contributed by atoms with Gasteiger partial charge in [0.15, 0.2) is 11.5 Å². The highest BCUT2D eigenvalue weighted by atomic mass is 35.5. The number of hydrogen-bond donors (Lipinski definition) is 0.